The van der Waals surface area contributed by atoms with E-state index in [2.05, 4.69) is 20.2 Å². The minimum absolute atomic E-state index is 0.216. The Morgan fingerprint density at radius 1 is 1.00 bits per heavy atom. The monoisotopic (exact) mass is 304 g/mol. The number of aromatic nitrogens is 4. The van der Waals surface area contributed by atoms with E-state index < -0.39 is 0 Å². The molecule has 5 heteroatoms. The molecule has 112 valence electrons. The Morgan fingerprint density at radius 2 is 1.91 bits per heavy atom. The third-order valence-electron chi connectivity index (χ3n) is 3.84. The third-order valence-corrected chi connectivity index (χ3v) is 3.84. The lowest BCUT2D eigenvalue weighted by molar-refractivity contribution is 0.619. The van der Waals surface area contributed by atoms with Crippen molar-refractivity contribution in [3.63, 3.8) is 0 Å². The highest BCUT2D eigenvalue weighted by molar-refractivity contribution is 5.85. The fourth-order valence-corrected chi connectivity index (χ4v) is 2.64. The van der Waals surface area contributed by atoms with Crippen molar-refractivity contribution >= 4 is 11.0 Å². The van der Waals surface area contributed by atoms with Gasteiger partial charge >= 0.3 is 0 Å². The number of aromatic amines is 1. The molecular weight excluding hydrogens is 291 g/mol. The Bertz CT molecular complexity index is 1010. The zero-order valence-corrected chi connectivity index (χ0v) is 12.4. The molecule has 0 saturated heterocycles. The first kappa shape index (κ1) is 13.6. The second-order valence-corrected chi connectivity index (χ2v) is 5.39. The topological polar surface area (TPSA) is 54.5 Å². The fraction of sp³-hybridized carbons (Fsp3) is 0.0556. The molecule has 0 saturated carbocycles. The number of hydrogen-bond acceptors (Lipinski definition) is 3. The number of pyridine rings is 2. The van der Waals surface area contributed by atoms with Gasteiger partial charge in [0.05, 0.1) is 17.4 Å². The van der Waals surface area contributed by atoms with Gasteiger partial charge < -0.3 is 0 Å². The van der Waals surface area contributed by atoms with Crippen LogP contribution in [-0.2, 0) is 0 Å². The third kappa shape index (κ3) is 2.36. The van der Waals surface area contributed by atoms with Crippen LogP contribution in [0.15, 0.2) is 55.0 Å². The molecule has 0 unspecified atom stereocenters. The maximum atomic E-state index is 13.5. The normalized spacial score (nSPS) is 11.0. The van der Waals surface area contributed by atoms with Crippen LogP contribution in [0.5, 0.6) is 0 Å². The van der Waals surface area contributed by atoms with Crippen molar-refractivity contribution in [2.75, 3.05) is 0 Å². The van der Waals surface area contributed by atoms with Crippen LogP contribution in [0.25, 0.3) is 33.4 Å². The van der Waals surface area contributed by atoms with E-state index in [1.165, 1.54) is 6.07 Å². The Morgan fingerprint density at radius 3 is 2.78 bits per heavy atom. The van der Waals surface area contributed by atoms with Crippen LogP contribution in [-0.4, -0.2) is 20.2 Å². The number of nitrogens with zero attached hydrogens (tertiary/aromatic N) is 3. The van der Waals surface area contributed by atoms with Gasteiger partial charge in [-0.1, -0.05) is 6.07 Å². The predicted octanol–water partition coefficient (Wildman–Crippen LogP) is 4.13. The average molecular weight is 304 g/mol. The highest BCUT2D eigenvalue weighted by Crippen LogP contribution is 2.31. The Kier molecular flexibility index (Phi) is 3.12. The summed E-state index contributed by atoms with van der Waals surface area (Å²) in [5.41, 5.74) is 5.85. The molecule has 3 heterocycles. The van der Waals surface area contributed by atoms with E-state index in [0.717, 1.165) is 33.4 Å². The molecule has 0 amide bonds. The van der Waals surface area contributed by atoms with Crippen LogP contribution >= 0.6 is 0 Å². The summed E-state index contributed by atoms with van der Waals surface area (Å²) in [5, 5.41) is 6.92. The van der Waals surface area contributed by atoms with Gasteiger partial charge in [-0.05, 0) is 42.8 Å². The number of aryl methyl sites for hydroxylation is 1. The average Bonchev–Trinajstić information content (AvgIpc) is 3.05. The Balaban J connectivity index is 1.90. The van der Waals surface area contributed by atoms with E-state index in [-0.39, 0.29) is 5.82 Å². The number of rotatable bonds is 2. The minimum Gasteiger partial charge on any atom is -0.276 e. The summed E-state index contributed by atoms with van der Waals surface area (Å²) < 4.78 is 13.5. The first-order valence-electron chi connectivity index (χ1n) is 7.23. The molecule has 4 nitrogen and oxygen atoms in total. The summed E-state index contributed by atoms with van der Waals surface area (Å²) in [6, 6.07) is 10.9. The summed E-state index contributed by atoms with van der Waals surface area (Å²) in [5.74, 6) is -0.216. The van der Waals surface area contributed by atoms with Crippen molar-refractivity contribution < 1.29 is 4.39 Å². The van der Waals surface area contributed by atoms with Gasteiger partial charge in [0.25, 0.3) is 0 Å². The zero-order valence-electron chi connectivity index (χ0n) is 12.4. The lowest BCUT2D eigenvalue weighted by atomic mass is 9.99. The maximum absolute atomic E-state index is 13.5. The van der Waals surface area contributed by atoms with Crippen molar-refractivity contribution in [2.24, 2.45) is 0 Å². The standard InChI is InChI=1S/C18H13FN4/c1-11-7-12(4-5-15(11)19)18-14(3-2-6-20-18)13-8-16-17(21-9-13)10-22-23-16/h2-10H,1H3,(H,22,23). The van der Waals surface area contributed by atoms with Crippen LogP contribution in [0.2, 0.25) is 0 Å². The van der Waals surface area contributed by atoms with Crippen LogP contribution < -0.4 is 0 Å². The summed E-state index contributed by atoms with van der Waals surface area (Å²) in [6.45, 7) is 1.75. The molecule has 1 N–H and O–H groups in total. The van der Waals surface area contributed by atoms with Gasteiger partial charge in [-0.3, -0.25) is 15.1 Å². The van der Waals surface area contributed by atoms with E-state index in [4.69, 9.17) is 0 Å². The highest BCUT2D eigenvalue weighted by Gasteiger charge is 2.11. The number of benzene rings is 1. The molecule has 1 aromatic carbocycles. The molecule has 4 aromatic rings. The summed E-state index contributed by atoms with van der Waals surface area (Å²) >= 11 is 0. The molecule has 0 atom stereocenters. The van der Waals surface area contributed by atoms with Gasteiger partial charge in [0, 0.05) is 29.1 Å². The van der Waals surface area contributed by atoms with Gasteiger partial charge in [0.1, 0.15) is 11.3 Å². The molecule has 0 spiro atoms. The lowest BCUT2D eigenvalue weighted by Crippen LogP contribution is -1.91. The first-order valence-corrected chi connectivity index (χ1v) is 7.23. The quantitative estimate of drug-likeness (QED) is 0.605. The molecule has 4 rings (SSSR count). The number of halogens is 1. The number of fused-ring (bicyclic) bond motifs is 1. The molecule has 0 bridgehead atoms. The van der Waals surface area contributed by atoms with E-state index in [1.54, 1.807) is 31.6 Å². The Labute approximate surface area is 132 Å². The van der Waals surface area contributed by atoms with Gasteiger partial charge in [0.15, 0.2) is 0 Å². The van der Waals surface area contributed by atoms with Gasteiger partial charge in [-0.25, -0.2) is 4.39 Å². The van der Waals surface area contributed by atoms with E-state index in [9.17, 15) is 4.39 Å². The van der Waals surface area contributed by atoms with Crippen molar-refractivity contribution in [3.05, 3.63) is 66.4 Å². The van der Waals surface area contributed by atoms with Crippen LogP contribution in [0, 0.1) is 12.7 Å². The predicted molar refractivity (Wildman–Crippen MR) is 87.3 cm³/mol. The zero-order chi connectivity index (χ0) is 15.8. The van der Waals surface area contributed by atoms with Crippen LogP contribution in [0.4, 0.5) is 4.39 Å². The minimum atomic E-state index is -0.216. The van der Waals surface area contributed by atoms with Gasteiger partial charge in [-0.15, -0.1) is 0 Å². The van der Waals surface area contributed by atoms with Crippen molar-refractivity contribution in [1.82, 2.24) is 20.2 Å². The molecule has 0 aliphatic carbocycles. The summed E-state index contributed by atoms with van der Waals surface area (Å²) in [4.78, 5) is 8.89. The molecule has 23 heavy (non-hydrogen) atoms. The van der Waals surface area contributed by atoms with Crippen LogP contribution in [0.3, 0.4) is 0 Å². The van der Waals surface area contributed by atoms with E-state index in [1.807, 2.05) is 24.3 Å². The van der Waals surface area contributed by atoms with Crippen molar-refractivity contribution in [3.8, 4) is 22.4 Å². The van der Waals surface area contributed by atoms with Crippen molar-refractivity contribution in [2.45, 2.75) is 6.92 Å². The smallest absolute Gasteiger partial charge is 0.126 e. The Hall–Kier alpha value is -3.08. The SMILES string of the molecule is Cc1cc(-c2ncccc2-c2cnc3cn[nH]c3c2)ccc1F. The molecule has 0 radical (unpaired) electrons. The maximum Gasteiger partial charge on any atom is 0.126 e. The largest absolute Gasteiger partial charge is 0.276 e. The molecule has 0 aliphatic rings. The lowest BCUT2D eigenvalue weighted by Gasteiger charge is -2.09. The fourth-order valence-electron chi connectivity index (χ4n) is 2.64. The van der Waals surface area contributed by atoms with Gasteiger partial charge in [-0.2, -0.15) is 5.10 Å². The van der Waals surface area contributed by atoms with E-state index in [0.29, 0.717) is 5.56 Å². The molecule has 0 fully saturated rings. The number of H-pyrrole nitrogens is 1. The summed E-state index contributed by atoms with van der Waals surface area (Å²) in [6.07, 6.45) is 5.22. The number of hydrogen-bond donors (Lipinski definition) is 1. The highest BCUT2D eigenvalue weighted by atomic mass is 19.1. The number of nitrogens with one attached hydrogen (secondary N) is 1. The first-order chi connectivity index (χ1) is 11.2. The summed E-state index contributed by atoms with van der Waals surface area (Å²) in [7, 11) is 0. The second-order valence-electron chi connectivity index (χ2n) is 5.39. The van der Waals surface area contributed by atoms with E-state index >= 15 is 0 Å². The van der Waals surface area contributed by atoms with Crippen LogP contribution in [0.1, 0.15) is 5.56 Å². The molecular formula is C18H13FN4. The van der Waals surface area contributed by atoms with Crippen molar-refractivity contribution in [1.29, 1.82) is 0 Å². The van der Waals surface area contributed by atoms with Gasteiger partial charge in [0.2, 0.25) is 0 Å². The molecule has 0 aliphatic heterocycles. The molecule has 3 aromatic heterocycles. The second kappa shape index (κ2) is 5.28.